The average molecular weight is 550 g/mol. The first kappa shape index (κ1) is 26.2. The van der Waals surface area contributed by atoms with Gasteiger partial charge in [0.1, 0.15) is 4.88 Å². The zero-order valence-corrected chi connectivity index (χ0v) is 20.7. The van der Waals surface area contributed by atoms with E-state index in [0.717, 1.165) is 17.5 Å². The van der Waals surface area contributed by atoms with Crippen LogP contribution in [0.2, 0.25) is 5.02 Å². The van der Waals surface area contributed by atoms with Gasteiger partial charge in [-0.25, -0.2) is 14.6 Å². The number of rotatable bonds is 5. The maximum atomic E-state index is 13.2. The van der Waals surface area contributed by atoms with Crippen LogP contribution in [0.25, 0.3) is 5.82 Å². The molecule has 0 saturated heterocycles. The number of hydrogen-bond donors (Lipinski definition) is 2. The molecule has 37 heavy (non-hydrogen) atoms. The Morgan fingerprint density at radius 1 is 1.19 bits per heavy atom. The first-order valence-electron chi connectivity index (χ1n) is 10.8. The molecule has 0 aromatic carbocycles. The number of alkyl halides is 3. The molecule has 4 heterocycles. The highest BCUT2D eigenvalue weighted by Gasteiger charge is 2.42. The predicted molar refractivity (Wildman–Crippen MR) is 131 cm³/mol. The number of nitrogens with zero attached hydrogens (tertiary/aromatic N) is 5. The predicted octanol–water partition coefficient (Wildman–Crippen LogP) is 5.01. The van der Waals surface area contributed by atoms with Crippen molar-refractivity contribution in [3.8, 4) is 5.82 Å². The van der Waals surface area contributed by atoms with Crippen molar-refractivity contribution in [3.63, 3.8) is 0 Å². The number of carbonyl (C=O) groups excluding carboxylic acids is 2. The van der Waals surface area contributed by atoms with Gasteiger partial charge in [-0.15, -0.1) is 11.3 Å². The summed E-state index contributed by atoms with van der Waals surface area (Å²) in [5, 5.41) is 5.97. The molecule has 3 N–H and O–H groups in total. The Morgan fingerprint density at radius 3 is 2.43 bits per heavy atom. The molecule has 14 heteroatoms. The summed E-state index contributed by atoms with van der Waals surface area (Å²) in [4.78, 5) is 35.0. The van der Waals surface area contributed by atoms with E-state index in [1.165, 1.54) is 29.8 Å². The summed E-state index contributed by atoms with van der Waals surface area (Å²) in [6, 6.07) is 6.33. The number of hydrogen-bond acceptors (Lipinski definition) is 7. The van der Waals surface area contributed by atoms with Crippen LogP contribution in [-0.2, 0) is 6.18 Å². The number of nitrogens with two attached hydrogens (primary N) is 1. The highest BCUT2D eigenvalue weighted by molar-refractivity contribution is 7.12. The number of pyridine rings is 2. The van der Waals surface area contributed by atoms with Crippen LogP contribution in [-0.4, -0.2) is 36.5 Å². The SMILES string of the molecule is Cc1ncsc1C(=O)Nc1ccc(-n2nc(C(F)(F)F)c(Cl)c2C2CC2)nc1.NC(=O)c1cccnc1. The van der Waals surface area contributed by atoms with E-state index >= 15 is 0 Å². The lowest BCUT2D eigenvalue weighted by atomic mass is 10.2. The number of primary amides is 1. The molecule has 0 unspecified atom stereocenters. The van der Waals surface area contributed by atoms with Crippen LogP contribution in [0.15, 0.2) is 48.4 Å². The van der Waals surface area contributed by atoms with Gasteiger partial charge in [-0.2, -0.15) is 18.3 Å². The molecule has 0 bridgehead atoms. The standard InChI is InChI=1S/C17H13ClF3N5OS.C6H6N2O/c1-8-14(28-7-23-8)16(27)24-10-4-5-11(22-6-10)26-13(9-2-3-9)12(18)15(25-26)17(19,20)21;7-6(9)5-2-1-3-8-4-5/h4-7,9H,2-3H2,1H3,(H,24,27);1-4H,(H2,7,9). The quantitative estimate of drug-likeness (QED) is 0.360. The van der Waals surface area contributed by atoms with E-state index in [1.54, 1.807) is 36.8 Å². The van der Waals surface area contributed by atoms with E-state index in [0.29, 0.717) is 27.5 Å². The summed E-state index contributed by atoms with van der Waals surface area (Å²) in [5.41, 5.74) is 7.18. The minimum atomic E-state index is -4.65. The second kappa shape index (κ2) is 10.6. The molecule has 1 aliphatic carbocycles. The molecular formula is C23H19ClF3N7O2S. The van der Waals surface area contributed by atoms with Crippen LogP contribution in [0.3, 0.4) is 0 Å². The molecule has 1 fully saturated rings. The van der Waals surface area contributed by atoms with Crippen molar-refractivity contribution in [2.24, 2.45) is 5.73 Å². The summed E-state index contributed by atoms with van der Waals surface area (Å²) in [6.45, 7) is 1.73. The highest BCUT2D eigenvalue weighted by atomic mass is 35.5. The molecular weight excluding hydrogens is 531 g/mol. The van der Waals surface area contributed by atoms with Gasteiger partial charge < -0.3 is 11.1 Å². The number of aryl methyl sites for hydroxylation is 1. The number of amides is 2. The molecule has 4 aromatic heterocycles. The van der Waals surface area contributed by atoms with Gasteiger partial charge in [0.15, 0.2) is 11.5 Å². The smallest absolute Gasteiger partial charge is 0.366 e. The summed E-state index contributed by atoms with van der Waals surface area (Å²) in [6.07, 6.45) is 1.25. The van der Waals surface area contributed by atoms with E-state index in [4.69, 9.17) is 17.3 Å². The second-order valence-corrected chi connectivity index (χ2v) is 9.20. The van der Waals surface area contributed by atoms with Gasteiger partial charge in [-0.1, -0.05) is 11.6 Å². The minimum Gasteiger partial charge on any atom is -0.366 e. The van der Waals surface area contributed by atoms with E-state index in [-0.39, 0.29) is 22.7 Å². The molecule has 5 rings (SSSR count). The van der Waals surface area contributed by atoms with E-state index in [2.05, 4.69) is 25.4 Å². The number of anilines is 1. The highest BCUT2D eigenvalue weighted by Crippen LogP contribution is 2.47. The molecule has 0 radical (unpaired) electrons. The zero-order valence-electron chi connectivity index (χ0n) is 19.2. The first-order chi connectivity index (χ1) is 17.6. The first-order valence-corrected chi connectivity index (χ1v) is 12.0. The van der Waals surface area contributed by atoms with Crippen LogP contribution in [0.5, 0.6) is 0 Å². The number of thiazole rings is 1. The van der Waals surface area contributed by atoms with Crippen LogP contribution in [0.4, 0.5) is 18.9 Å². The van der Waals surface area contributed by atoms with Gasteiger partial charge in [0.25, 0.3) is 5.91 Å². The van der Waals surface area contributed by atoms with E-state index in [1.807, 2.05) is 0 Å². The van der Waals surface area contributed by atoms with Crippen molar-refractivity contribution in [1.82, 2.24) is 24.7 Å². The van der Waals surface area contributed by atoms with E-state index < -0.39 is 17.8 Å². The summed E-state index contributed by atoms with van der Waals surface area (Å²) >= 11 is 7.19. The minimum absolute atomic E-state index is 0.0633. The Labute approximate surface area is 217 Å². The Balaban J connectivity index is 0.000000301. The number of nitrogens with one attached hydrogen (secondary N) is 1. The lowest BCUT2D eigenvalue weighted by molar-refractivity contribution is -0.141. The Hall–Kier alpha value is -3.84. The molecule has 4 aromatic rings. The maximum Gasteiger partial charge on any atom is 0.436 e. The van der Waals surface area contributed by atoms with Gasteiger partial charge in [0, 0.05) is 18.3 Å². The summed E-state index contributed by atoms with van der Waals surface area (Å²) in [7, 11) is 0. The van der Waals surface area contributed by atoms with Crippen LogP contribution in [0.1, 0.15) is 55.9 Å². The molecule has 1 aliphatic rings. The molecule has 0 spiro atoms. The van der Waals surface area contributed by atoms with Crippen LogP contribution in [0, 0.1) is 6.92 Å². The fourth-order valence-corrected chi connectivity index (χ4v) is 4.36. The Bertz CT molecular complexity index is 1420. The third-order valence-corrected chi connectivity index (χ3v) is 6.51. The van der Waals surface area contributed by atoms with Gasteiger partial charge in [-0.05, 0) is 44.0 Å². The third kappa shape index (κ3) is 6.12. The zero-order chi connectivity index (χ0) is 26.7. The van der Waals surface area contributed by atoms with Crippen LogP contribution >= 0.6 is 22.9 Å². The molecule has 192 valence electrons. The molecule has 0 aliphatic heterocycles. The van der Waals surface area contributed by atoms with Gasteiger partial charge >= 0.3 is 6.18 Å². The number of carbonyl (C=O) groups is 2. The molecule has 0 atom stereocenters. The molecule has 9 nitrogen and oxygen atoms in total. The average Bonchev–Trinajstić information content (AvgIpc) is 3.50. The summed E-state index contributed by atoms with van der Waals surface area (Å²) in [5.74, 6) is -0.629. The van der Waals surface area contributed by atoms with Crippen molar-refractivity contribution in [1.29, 1.82) is 0 Å². The van der Waals surface area contributed by atoms with E-state index in [9.17, 15) is 22.8 Å². The number of aromatic nitrogens is 5. The Morgan fingerprint density at radius 2 is 1.95 bits per heavy atom. The second-order valence-electron chi connectivity index (χ2n) is 7.96. The largest absolute Gasteiger partial charge is 0.436 e. The van der Waals surface area contributed by atoms with Crippen molar-refractivity contribution < 1.29 is 22.8 Å². The van der Waals surface area contributed by atoms with Crippen molar-refractivity contribution in [3.05, 3.63) is 80.9 Å². The fourth-order valence-electron chi connectivity index (χ4n) is 3.28. The topological polar surface area (TPSA) is 129 Å². The van der Waals surface area contributed by atoms with Crippen LogP contribution < -0.4 is 11.1 Å². The summed E-state index contributed by atoms with van der Waals surface area (Å²) < 4.78 is 40.7. The fraction of sp³-hybridized carbons (Fsp3) is 0.217. The normalized spacial score (nSPS) is 13.0. The number of halogens is 4. The lowest BCUT2D eigenvalue weighted by Gasteiger charge is -2.08. The molecule has 1 saturated carbocycles. The maximum absolute atomic E-state index is 13.2. The Kier molecular flexibility index (Phi) is 7.55. The van der Waals surface area contributed by atoms with Gasteiger partial charge in [-0.3, -0.25) is 14.6 Å². The lowest BCUT2D eigenvalue weighted by Crippen LogP contribution is -2.12. The van der Waals surface area contributed by atoms with Gasteiger partial charge in [0.05, 0.1) is 39.4 Å². The monoisotopic (exact) mass is 549 g/mol. The third-order valence-electron chi connectivity index (χ3n) is 5.21. The van der Waals surface area contributed by atoms with Crippen molar-refractivity contribution in [2.45, 2.75) is 31.9 Å². The van der Waals surface area contributed by atoms with Crippen molar-refractivity contribution >= 4 is 40.4 Å². The molecule has 2 amide bonds. The van der Waals surface area contributed by atoms with Crippen molar-refractivity contribution in [2.75, 3.05) is 5.32 Å². The van der Waals surface area contributed by atoms with Gasteiger partial charge in [0.2, 0.25) is 5.91 Å².